The van der Waals surface area contributed by atoms with Crippen molar-refractivity contribution in [2.24, 2.45) is 10.2 Å². The molecule has 2 rings (SSSR count). The summed E-state index contributed by atoms with van der Waals surface area (Å²) in [7, 11) is -3.34. The van der Waals surface area contributed by atoms with Crippen LogP contribution in [0.25, 0.3) is 0 Å². The fourth-order valence-corrected chi connectivity index (χ4v) is 5.10. The highest BCUT2D eigenvalue weighted by molar-refractivity contribution is 7.90. The zero-order chi connectivity index (χ0) is 36.1. The molecule has 0 saturated heterocycles. The van der Waals surface area contributed by atoms with Crippen molar-refractivity contribution < 1.29 is 51.4 Å². The first-order valence-electron chi connectivity index (χ1n) is 16.8. The number of hydrogen-bond donors (Lipinski definition) is 1. The van der Waals surface area contributed by atoms with Gasteiger partial charge in [0.1, 0.15) is 5.69 Å². The molecule has 0 heterocycles. The molecule has 2 aromatic rings. The summed E-state index contributed by atoms with van der Waals surface area (Å²) in [5.74, 6) is 0. The average Bonchev–Trinajstić information content (AvgIpc) is 3.11. The van der Waals surface area contributed by atoms with E-state index in [4.69, 9.17) is 54.6 Å². The van der Waals surface area contributed by atoms with Crippen molar-refractivity contribution in [2.75, 3.05) is 137 Å². The molecule has 2 aromatic carbocycles. The second-order valence-electron chi connectivity index (χ2n) is 10.7. The Hall–Kier alpha value is -2.28. The molecule has 0 aromatic heterocycles. The van der Waals surface area contributed by atoms with Gasteiger partial charge in [-0.1, -0.05) is 11.6 Å². The maximum atomic E-state index is 11.7. The summed E-state index contributed by atoms with van der Waals surface area (Å²) in [6.07, 6.45) is 2.00. The fourth-order valence-electron chi connectivity index (χ4n) is 4.17. The third kappa shape index (κ3) is 21.2. The second kappa shape index (κ2) is 28.3. The predicted molar refractivity (Wildman–Crippen MR) is 191 cm³/mol. The molecule has 0 aliphatic carbocycles. The monoisotopic (exact) mass is 747 g/mol. The Morgan fingerprint density at radius 2 is 1.08 bits per heavy atom. The lowest BCUT2D eigenvalue weighted by Crippen LogP contribution is -2.25. The number of aliphatic hydroxyl groups is 1. The number of benzene rings is 2. The third-order valence-corrected chi connectivity index (χ3v) is 8.19. The van der Waals surface area contributed by atoms with Crippen molar-refractivity contribution in [3.8, 4) is 0 Å². The molecule has 0 saturated carbocycles. The summed E-state index contributed by atoms with van der Waals surface area (Å²) in [5, 5.41) is 17.2. The van der Waals surface area contributed by atoms with Gasteiger partial charge in [-0.2, -0.15) is 5.11 Å². The van der Waals surface area contributed by atoms with Gasteiger partial charge in [-0.15, -0.1) is 5.11 Å². The molecular formula is C34H54ClN3O11S. The van der Waals surface area contributed by atoms with E-state index in [2.05, 4.69) is 22.1 Å². The topological polar surface area (TPSA) is 156 Å². The van der Waals surface area contributed by atoms with Crippen LogP contribution >= 0.6 is 11.6 Å². The summed E-state index contributed by atoms with van der Waals surface area (Å²) in [4.78, 5) is 2.40. The van der Waals surface area contributed by atoms with Crippen LogP contribution in [0.5, 0.6) is 0 Å². The average molecular weight is 748 g/mol. The minimum atomic E-state index is -3.34. The number of anilines is 1. The molecule has 0 amide bonds. The molecule has 16 heteroatoms. The van der Waals surface area contributed by atoms with Crippen molar-refractivity contribution in [1.29, 1.82) is 0 Å². The van der Waals surface area contributed by atoms with Gasteiger partial charge in [0.05, 0.1) is 121 Å². The van der Waals surface area contributed by atoms with Crippen molar-refractivity contribution in [3.05, 3.63) is 47.5 Å². The van der Waals surface area contributed by atoms with E-state index in [-0.39, 0.29) is 16.5 Å². The van der Waals surface area contributed by atoms with Crippen LogP contribution in [0.15, 0.2) is 57.6 Å². The van der Waals surface area contributed by atoms with Crippen LogP contribution in [-0.4, -0.2) is 145 Å². The minimum Gasteiger partial charge on any atom is -0.394 e. The maximum Gasteiger partial charge on any atom is 0.175 e. The van der Waals surface area contributed by atoms with Crippen LogP contribution in [0, 0.1) is 0 Å². The number of aliphatic hydroxyl groups excluding tert-OH is 1. The zero-order valence-electron chi connectivity index (χ0n) is 29.3. The first-order valence-corrected chi connectivity index (χ1v) is 19.1. The number of halogens is 1. The molecule has 0 aliphatic heterocycles. The third-order valence-electron chi connectivity index (χ3n) is 6.77. The summed E-state index contributed by atoms with van der Waals surface area (Å²) >= 11 is 6.19. The standard InChI is InChI=1S/C34H54ClN3O11S/c1-3-38(31-7-5-30(6-8-31)36-37-34-10-9-32(29-33(34)35)50(2,40)41)11-4-13-42-15-17-44-19-21-46-23-25-48-27-28-49-26-24-47-22-20-45-18-16-43-14-12-39/h5-10,29,39H,3-4,11-28H2,1-2H3. The number of ether oxygens (including phenoxy) is 8. The Bertz CT molecular complexity index is 1270. The molecule has 0 spiro atoms. The van der Waals surface area contributed by atoms with E-state index in [9.17, 15) is 8.42 Å². The van der Waals surface area contributed by atoms with Gasteiger partial charge in [0, 0.05) is 31.6 Å². The molecule has 0 bridgehead atoms. The van der Waals surface area contributed by atoms with E-state index < -0.39 is 9.84 Å². The molecule has 0 fully saturated rings. The Morgan fingerprint density at radius 3 is 1.48 bits per heavy atom. The Balaban J connectivity index is 1.39. The molecule has 0 aliphatic rings. The lowest BCUT2D eigenvalue weighted by molar-refractivity contribution is -0.0238. The van der Waals surface area contributed by atoms with Crippen LogP contribution in [0.4, 0.5) is 17.1 Å². The highest BCUT2D eigenvalue weighted by Crippen LogP contribution is 2.30. The quantitative estimate of drug-likeness (QED) is 0.0828. The first kappa shape index (κ1) is 43.9. The molecule has 0 radical (unpaired) electrons. The largest absolute Gasteiger partial charge is 0.394 e. The highest BCUT2D eigenvalue weighted by atomic mass is 35.5. The lowest BCUT2D eigenvalue weighted by atomic mass is 10.2. The second-order valence-corrected chi connectivity index (χ2v) is 13.1. The Labute approximate surface area is 301 Å². The zero-order valence-corrected chi connectivity index (χ0v) is 30.9. The smallest absolute Gasteiger partial charge is 0.175 e. The molecule has 1 N–H and O–H groups in total. The Morgan fingerprint density at radius 1 is 0.640 bits per heavy atom. The lowest BCUT2D eigenvalue weighted by Gasteiger charge is -2.23. The normalized spacial score (nSPS) is 11.9. The fraction of sp³-hybridized carbons (Fsp3) is 0.647. The van der Waals surface area contributed by atoms with Gasteiger partial charge in [0.2, 0.25) is 0 Å². The maximum absolute atomic E-state index is 11.7. The number of nitrogens with zero attached hydrogens (tertiary/aromatic N) is 3. The summed E-state index contributed by atoms with van der Waals surface area (Å²) < 4.78 is 67.0. The van der Waals surface area contributed by atoms with Gasteiger partial charge in [0.15, 0.2) is 9.84 Å². The van der Waals surface area contributed by atoms with Crippen molar-refractivity contribution >= 4 is 38.5 Å². The van der Waals surface area contributed by atoms with E-state index in [1.807, 2.05) is 24.3 Å². The van der Waals surface area contributed by atoms with E-state index >= 15 is 0 Å². The SMILES string of the molecule is CCN(CCCOCCOCCOCCOCCOCCOCCOCCOCCO)c1ccc(N=Nc2ccc(S(C)(=O)=O)cc2Cl)cc1. The number of sulfone groups is 1. The van der Waals surface area contributed by atoms with Crippen LogP contribution < -0.4 is 4.90 Å². The van der Waals surface area contributed by atoms with E-state index in [0.29, 0.717) is 117 Å². The van der Waals surface area contributed by atoms with Crippen LogP contribution in [0.2, 0.25) is 5.02 Å². The minimum absolute atomic E-state index is 0.0190. The molecule has 0 atom stereocenters. The van der Waals surface area contributed by atoms with Gasteiger partial charge < -0.3 is 47.9 Å². The molecule has 14 nitrogen and oxygen atoms in total. The molecule has 50 heavy (non-hydrogen) atoms. The summed E-state index contributed by atoms with van der Waals surface area (Å²) in [6.45, 7) is 11.7. The van der Waals surface area contributed by atoms with Gasteiger partial charge in [0.25, 0.3) is 0 Å². The van der Waals surface area contributed by atoms with Gasteiger partial charge in [-0.25, -0.2) is 8.42 Å². The summed E-state index contributed by atoms with van der Waals surface area (Å²) in [5.41, 5.74) is 2.13. The van der Waals surface area contributed by atoms with Gasteiger partial charge in [-0.05, 0) is 55.8 Å². The highest BCUT2D eigenvalue weighted by Gasteiger charge is 2.10. The van der Waals surface area contributed by atoms with Crippen LogP contribution in [0.3, 0.4) is 0 Å². The van der Waals surface area contributed by atoms with Crippen LogP contribution in [0.1, 0.15) is 13.3 Å². The van der Waals surface area contributed by atoms with E-state index in [1.54, 1.807) is 6.07 Å². The Kier molecular flexibility index (Phi) is 24.9. The number of azo groups is 1. The van der Waals surface area contributed by atoms with Crippen molar-refractivity contribution in [1.82, 2.24) is 0 Å². The van der Waals surface area contributed by atoms with Gasteiger partial charge in [-0.3, -0.25) is 0 Å². The van der Waals surface area contributed by atoms with Crippen molar-refractivity contribution in [2.45, 2.75) is 18.2 Å². The number of rotatable bonds is 32. The van der Waals surface area contributed by atoms with E-state index in [0.717, 1.165) is 31.5 Å². The number of hydrogen-bond acceptors (Lipinski definition) is 14. The molecular weight excluding hydrogens is 694 g/mol. The molecule has 0 unspecified atom stereocenters. The van der Waals surface area contributed by atoms with E-state index in [1.165, 1.54) is 12.1 Å². The van der Waals surface area contributed by atoms with Crippen molar-refractivity contribution in [3.63, 3.8) is 0 Å². The summed E-state index contributed by atoms with van der Waals surface area (Å²) in [6, 6.07) is 12.1. The van der Waals surface area contributed by atoms with Crippen LogP contribution in [-0.2, 0) is 47.7 Å². The molecule has 284 valence electrons. The van der Waals surface area contributed by atoms with Gasteiger partial charge >= 0.3 is 0 Å². The predicted octanol–water partition coefficient (Wildman–Crippen LogP) is 4.50. The first-order chi connectivity index (χ1) is 24.3.